The van der Waals surface area contributed by atoms with Gasteiger partial charge in [-0.05, 0) is 41.0 Å². The molecule has 0 aromatic heterocycles. The second-order valence-electron chi connectivity index (χ2n) is 6.11. The second-order valence-corrected chi connectivity index (χ2v) is 6.11. The van der Waals surface area contributed by atoms with Gasteiger partial charge in [0.25, 0.3) is 0 Å². The van der Waals surface area contributed by atoms with Crippen LogP contribution in [0.5, 0.6) is 0 Å². The maximum atomic E-state index is 13.1. The molecule has 3 N–H and O–H groups in total. The van der Waals surface area contributed by atoms with E-state index < -0.39 is 36.3 Å². The van der Waals surface area contributed by atoms with E-state index in [0.29, 0.717) is 23.2 Å². The summed E-state index contributed by atoms with van der Waals surface area (Å²) in [6, 6.07) is 9.23. The van der Waals surface area contributed by atoms with E-state index >= 15 is 0 Å². The highest BCUT2D eigenvalue weighted by molar-refractivity contribution is 5.93. The van der Waals surface area contributed by atoms with Gasteiger partial charge in [-0.1, -0.05) is 18.2 Å². The number of amides is 1. The molecule has 2 atom stereocenters. The summed E-state index contributed by atoms with van der Waals surface area (Å²) in [5.41, 5.74) is 7.41. The molecule has 1 unspecified atom stereocenters. The fraction of sp³-hybridized carbons (Fsp3) is 0.278. The molecule has 1 aliphatic rings. The van der Waals surface area contributed by atoms with Crippen LogP contribution in [0.3, 0.4) is 0 Å². The summed E-state index contributed by atoms with van der Waals surface area (Å²) in [6.07, 6.45) is -5.40. The van der Waals surface area contributed by atoms with Crippen LogP contribution in [0.15, 0.2) is 42.5 Å². The summed E-state index contributed by atoms with van der Waals surface area (Å²) in [5.74, 6) is -1.99. The van der Waals surface area contributed by atoms with Gasteiger partial charge in [0.2, 0.25) is 5.91 Å². The van der Waals surface area contributed by atoms with E-state index in [0.717, 1.165) is 17.7 Å². The molecule has 132 valence electrons. The van der Waals surface area contributed by atoms with Crippen molar-refractivity contribution in [1.29, 1.82) is 0 Å². The van der Waals surface area contributed by atoms with Crippen LogP contribution in [0.1, 0.15) is 45.4 Å². The topological polar surface area (TPSA) is 55.1 Å². The maximum absolute atomic E-state index is 13.1. The predicted molar refractivity (Wildman–Crippen MR) is 84.4 cm³/mol. The molecule has 3 rings (SSSR count). The molecule has 1 heterocycles. The molecule has 1 amide bonds. The molecule has 0 aliphatic carbocycles. The Bertz CT molecular complexity index is 787. The fourth-order valence-corrected chi connectivity index (χ4v) is 3.29. The van der Waals surface area contributed by atoms with Crippen molar-refractivity contribution in [3.63, 3.8) is 0 Å². The van der Waals surface area contributed by atoms with Crippen molar-refractivity contribution in [2.24, 2.45) is 5.73 Å². The minimum Gasteiger partial charge on any atom is -0.366 e. The first kappa shape index (κ1) is 17.4. The number of carbonyl (C=O) groups excluding carboxylic acids is 1. The zero-order valence-corrected chi connectivity index (χ0v) is 13.1. The molecule has 0 saturated heterocycles. The number of hydrogen-bond donors (Lipinski definition) is 2. The van der Waals surface area contributed by atoms with Crippen molar-refractivity contribution < 1.29 is 22.4 Å². The summed E-state index contributed by atoms with van der Waals surface area (Å²) in [4.78, 5) is 11.3. The van der Waals surface area contributed by atoms with Gasteiger partial charge in [0, 0.05) is 24.1 Å². The Kier molecular flexibility index (Phi) is 4.51. The molecule has 0 bridgehead atoms. The highest BCUT2D eigenvalue weighted by atomic mass is 19.4. The second kappa shape index (κ2) is 6.48. The minimum atomic E-state index is -4.36. The Morgan fingerprint density at radius 1 is 1.20 bits per heavy atom. The van der Waals surface area contributed by atoms with E-state index in [1.54, 1.807) is 12.1 Å². The van der Waals surface area contributed by atoms with Crippen LogP contribution in [0.2, 0.25) is 0 Å². The average Bonchev–Trinajstić information content (AvgIpc) is 2.95. The van der Waals surface area contributed by atoms with Gasteiger partial charge in [-0.2, -0.15) is 13.2 Å². The lowest BCUT2D eigenvalue weighted by Gasteiger charge is -2.26. The Morgan fingerprint density at radius 3 is 2.48 bits per heavy atom. The van der Waals surface area contributed by atoms with E-state index in [4.69, 9.17) is 5.73 Å². The molecule has 0 radical (unpaired) electrons. The number of nitrogens with one attached hydrogen (secondary N) is 1. The van der Waals surface area contributed by atoms with Crippen molar-refractivity contribution in [3.8, 4) is 0 Å². The summed E-state index contributed by atoms with van der Waals surface area (Å²) in [6.45, 7) is 0.344. The Hall–Kier alpha value is -2.41. The number of rotatable bonds is 4. The van der Waals surface area contributed by atoms with Crippen molar-refractivity contribution in [2.45, 2.75) is 31.1 Å². The smallest absolute Gasteiger partial charge is 0.366 e. The lowest BCUT2D eigenvalue weighted by molar-refractivity contribution is -0.140. The summed E-state index contributed by atoms with van der Waals surface area (Å²) < 4.78 is 52.5. The molecule has 1 aliphatic heterocycles. The monoisotopic (exact) mass is 352 g/mol. The van der Waals surface area contributed by atoms with Gasteiger partial charge in [-0.15, -0.1) is 0 Å². The molecule has 2 aromatic carbocycles. The first-order valence-electron chi connectivity index (χ1n) is 7.73. The van der Waals surface area contributed by atoms with E-state index in [1.165, 1.54) is 18.2 Å². The van der Waals surface area contributed by atoms with Crippen LogP contribution in [0.4, 0.5) is 17.6 Å². The molecule has 25 heavy (non-hydrogen) atoms. The van der Waals surface area contributed by atoms with Crippen molar-refractivity contribution >= 4 is 5.91 Å². The first-order valence-corrected chi connectivity index (χ1v) is 7.73. The summed E-state index contributed by atoms with van der Waals surface area (Å²) >= 11 is 0. The Morgan fingerprint density at radius 2 is 1.88 bits per heavy atom. The quantitative estimate of drug-likeness (QED) is 0.823. The van der Waals surface area contributed by atoms with Crippen LogP contribution in [0, 0.1) is 5.82 Å². The third-order valence-corrected chi connectivity index (χ3v) is 4.43. The molecule has 2 aromatic rings. The zero-order valence-electron chi connectivity index (χ0n) is 13.1. The number of carbonyl (C=O) groups is 1. The normalized spacial score (nSPS) is 18.0. The van der Waals surface area contributed by atoms with Crippen molar-refractivity contribution in [3.05, 3.63) is 70.5 Å². The van der Waals surface area contributed by atoms with Crippen LogP contribution < -0.4 is 11.1 Å². The predicted octanol–water partition coefficient (Wildman–Crippen LogP) is 3.81. The van der Waals surface area contributed by atoms with E-state index in [-0.39, 0.29) is 0 Å². The fourth-order valence-electron chi connectivity index (χ4n) is 3.29. The average molecular weight is 352 g/mol. The third kappa shape index (κ3) is 3.82. The number of nitrogens with two attached hydrogens (primary N) is 1. The van der Waals surface area contributed by atoms with Crippen LogP contribution in [0.25, 0.3) is 0 Å². The molecule has 7 heteroatoms. The van der Waals surface area contributed by atoms with Gasteiger partial charge < -0.3 is 11.1 Å². The number of benzene rings is 2. The Balaban J connectivity index is 1.98. The maximum Gasteiger partial charge on any atom is 0.389 e. The van der Waals surface area contributed by atoms with E-state index in [2.05, 4.69) is 5.32 Å². The van der Waals surface area contributed by atoms with Crippen molar-refractivity contribution in [1.82, 2.24) is 5.32 Å². The van der Waals surface area contributed by atoms with Crippen LogP contribution in [-0.4, -0.2) is 12.1 Å². The standard InChI is InChI=1S/C18H16F4N2O/c19-13-4-1-10(2-5-13)15(8-18(20,21)22)16-14-6-3-11(17(23)25)7-12(14)9-24-16/h1-7,15-16,24H,8-9H2,(H2,23,25)/t15-,16?/m0/s1. The van der Waals surface area contributed by atoms with Crippen molar-refractivity contribution in [2.75, 3.05) is 0 Å². The summed E-state index contributed by atoms with van der Waals surface area (Å²) in [7, 11) is 0. The van der Waals surface area contributed by atoms with Gasteiger partial charge in [0.05, 0.1) is 6.42 Å². The van der Waals surface area contributed by atoms with Gasteiger partial charge in [0.15, 0.2) is 0 Å². The van der Waals surface area contributed by atoms with Gasteiger partial charge in [-0.25, -0.2) is 4.39 Å². The molecule has 3 nitrogen and oxygen atoms in total. The minimum absolute atomic E-state index is 0.315. The number of halogens is 4. The lowest BCUT2D eigenvalue weighted by atomic mass is 9.84. The lowest BCUT2D eigenvalue weighted by Crippen LogP contribution is -2.25. The SMILES string of the molecule is NC(=O)c1ccc2c(c1)CNC2[C@@H](CC(F)(F)F)c1ccc(F)cc1. The number of alkyl halides is 3. The molecular formula is C18H16F4N2O. The highest BCUT2D eigenvalue weighted by Gasteiger charge is 2.39. The molecular weight excluding hydrogens is 336 g/mol. The van der Waals surface area contributed by atoms with Gasteiger partial charge in [0.1, 0.15) is 5.82 Å². The first-order chi connectivity index (χ1) is 11.7. The third-order valence-electron chi connectivity index (χ3n) is 4.43. The number of hydrogen-bond acceptors (Lipinski definition) is 2. The van der Waals surface area contributed by atoms with E-state index in [9.17, 15) is 22.4 Å². The summed E-state index contributed by atoms with van der Waals surface area (Å²) in [5, 5.41) is 3.08. The highest BCUT2D eigenvalue weighted by Crippen LogP contribution is 2.43. The van der Waals surface area contributed by atoms with E-state index in [1.807, 2.05) is 0 Å². The van der Waals surface area contributed by atoms with Gasteiger partial charge in [-0.3, -0.25) is 4.79 Å². The molecule has 0 spiro atoms. The number of primary amides is 1. The number of fused-ring (bicyclic) bond motifs is 1. The van der Waals surface area contributed by atoms with Crippen LogP contribution >= 0.6 is 0 Å². The molecule has 0 saturated carbocycles. The van der Waals surface area contributed by atoms with Crippen LogP contribution in [-0.2, 0) is 6.54 Å². The zero-order chi connectivity index (χ0) is 18.2. The largest absolute Gasteiger partial charge is 0.389 e. The van der Waals surface area contributed by atoms with Gasteiger partial charge >= 0.3 is 6.18 Å². The Labute approximate surface area is 141 Å². The molecule has 0 fully saturated rings.